The molecule has 3 rings (SSSR count). The first-order valence-electron chi connectivity index (χ1n) is 7.71. The number of hydrazine groups is 1. The van der Waals surface area contributed by atoms with E-state index in [1.807, 2.05) is 0 Å². The van der Waals surface area contributed by atoms with E-state index >= 15 is 0 Å². The maximum atomic E-state index is 13.6. The van der Waals surface area contributed by atoms with Gasteiger partial charge in [0.1, 0.15) is 10.7 Å². The number of nitrogens with one attached hydrogen (secondary N) is 2. The zero-order chi connectivity index (χ0) is 17.8. The third kappa shape index (κ3) is 3.94. The number of ether oxygens (including phenoxy) is 1. The molecule has 1 aliphatic rings. The number of nitrogens with zero attached hydrogens (tertiary/aromatic N) is 2. The van der Waals surface area contributed by atoms with E-state index in [4.69, 9.17) is 4.74 Å². The van der Waals surface area contributed by atoms with Crippen LogP contribution in [-0.2, 0) is 4.74 Å². The van der Waals surface area contributed by atoms with Crippen molar-refractivity contribution in [2.75, 3.05) is 31.2 Å². The number of hydrogen-bond donors (Lipinski definition) is 2. The van der Waals surface area contributed by atoms with E-state index in [2.05, 4.69) is 20.7 Å². The van der Waals surface area contributed by atoms with E-state index in [-0.39, 0.29) is 5.56 Å². The molecule has 132 valence electrons. The van der Waals surface area contributed by atoms with Crippen LogP contribution in [0.1, 0.15) is 25.7 Å². The van der Waals surface area contributed by atoms with Gasteiger partial charge >= 0.3 is 0 Å². The minimum absolute atomic E-state index is 0.141. The van der Waals surface area contributed by atoms with E-state index in [9.17, 15) is 14.0 Å². The van der Waals surface area contributed by atoms with Gasteiger partial charge < -0.3 is 9.64 Å². The van der Waals surface area contributed by atoms with Crippen molar-refractivity contribution in [2.45, 2.75) is 6.92 Å². The van der Waals surface area contributed by atoms with Gasteiger partial charge in [-0.15, -0.1) is 0 Å². The molecule has 25 heavy (non-hydrogen) atoms. The van der Waals surface area contributed by atoms with Crippen molar-refractivity contribution in [3.63, 3.8) is 0 Å². The van der Waals surface area contributed by atoms with Gasteiger partial charge in [0, 0.05) is 13.1 Å². The van der Waals surface area contributed by atoms with E-state index in [1.54, 1.807) is 13.0 Å². The van der Waals surface area contributed by atoms with Crippen LogP contribution in [-0.4, -0.2) is 43.1 Å². The SMILES string of the molecule is Cc1nc(N2CCOCC2)sc1C(=O)NNC(=O)c1ccccc1F. The van der Waals surface area contributed by atoms with Crippen molar-refractivity contribution in [3.8, 4) is 0 Å². The van der Waals surface area contributed by atoms with Crippen LogP contribution in [0.3, 0.4) is 0 Å². The zero-order valence-corrected chi connectivity index (χ0v) is 14.4. The molecule has 9 heteroatoms. The Hall–Kier alpha value is -2.52. The number of aryl methyl sites for hydroxylation is 1. The molecule has 0 atom stereocenters. The third-order valence-electron chi connectivity index (χ3n) is 3.68. The van der Waals surface area contributed by atoms with Crippen molar-refractivity contribution in [1.29, 1.82) is 0 Å². The van der Waals surface area contributed by atoms with Crippen LogP contribution in [0.15, 0.2) is 24.3 Å². The fraction of sp³-hybridized carbons (Fsp3) is 0.312. The van der Waals surface area contributed by atoms with Gasteiger partial charge in [-0.1, -0.05) is 23.5 Å². The molecule has 0 spiro atoms. The van der Waals surface area contributed by atoms with E-state index in [0.717, 1.165) is 18.2 Å². The van der Waals surface area contributed by atoms with Gasteiger partial charge in [-0.05, 0) is 19.1 Å². The van der Waals surface area contributed by atoms with Crippen LogP contribution in [0.25, 0.3) is 0 Å². The number of benzene rings is 1. The highest BCUT2D eigenvalue weighted by Crippen LogP contribution is 2.26. The molecule has 7 nitrogen and oxygen atoms in total. The molecular formula is C16H17FN4O3S. The maximum Gasteiger partial charge on any atom is 0.281 e. The van der Waals surface area contributed by atoms with E-state index in [1.165, 1.54) is 29.5 Å². The quantitative estimate of drug-likeness (QED) is 0.807. The molecule has 0 bridgehead atoms. The Bertz CT molecular complexity index is 789. The summed E-state index contributed by atoms with van der Waals surface area (Å²) in [6.07, 6.45) is 0. The summed E-state index contributed by atoms with van der Waals surface area (Å²) >= 11 is 1.25. The van der Waals surface area contributed by atoms with Crippen LogP contribution < -0.4 is 15.8 Å². The molecule has 2 N–H and O–H groups in total. The third-order valence-corrected chi connectivity index (χ3v) is 4.90. The molecule has 2 aromatic rings. The highest BCUT2D eigenvalue weighted by molar-refractivity contribution is 7.17. The van der Waals surface area contributed by atoms with Crippen molar-refractivity contribution in [2.24, 2.45) is 0 Å². The Labute approximate surface area is 147 Å². The number of amides is 2. The number of rotatable bonds is 3. The predicted octanol–water partition coefficient (Wildman–Crippen LogP) is 1.50. The number of thiazole rings is 1. The lowest BCUT2D eigenvalue weighted by Crippen LogP contribution is -2.41. The van der Waals surface area contributed by atoms with Gasteiger partial charge in [0.2, 0.25) is 0 Å². The zero-order valence-electron chi connectivity index (χ0n) is 13.5. The predicted molar refractivity (Wildman–Crippen MR) is 91.2 cm³/mol. The van der Waals surface area contributed by atoms with Gasteiger partial charge in [-0.25, -0.2) is 9.37 Å². The molecule has 0 aliphatic carbocycles. The first-order valence-corrected chi connectivity index (χ1v) is 8.53. The molecular weight excluding hydrogens is 347 g/mol. The summed E-state index contributed by atoms with van der Waals surface area (Å²) in [5.41, 5.74) is 4.96. The summed E-state index contributed by atoms with van der Waals surface area (Å²) in [4.78, 5) is 31.1. The van der Waals surface area contributed by atoms with Crippen molar-refractivity contribution in [1.82, 2.24) is 15.8 Å². The highest BCUT2D eigenvalue weighted by Gasteiger charge is 2.21. The van der Waals surface area contributed by atoms with Crippen molar-refractivity contribution < 1.29 is 18.7 Å². The number of anilines is 1. The second-order valence-electron chi connectivity index (χ2n) is 5.40. The first kappa shape index (κ1) is 17.3. The van der Waals surface area contributed by atoms with Crippen LogP contribution in [0.4, 0.5) is 9.52 Å². The van der Waals surface area contributed by atoms with Crippen LogP contribution in [0.5, 0.6) is 0 Å². The van der Waals surface area contributed by atoms with Gasteiger partial charge in [-0.2, -0.15) is 0 Å². The number of carbonyl (C=O) groups excluding carboxylic acids is 2. The molecule has 2 heterocycles. The molecule has 1 aromatic heterocycles. The summed E-state index contributed by atoms with van der Waals surface area (Å²) in [6.45, 7) is 4.42. The van der Waals surface area contributed by atoms with E-state index in [0.29, 0.717) is 23.8 Å². The average molecular weight is 364 g/mol. The van der Waals surface area contributed by atoms with Crippen molar-refractivity contribution >= 4 is 28.3 Å². The molecule has 0 saturated carbocycles. The minimum atomic E-state index is -0.720. The molecule has 2 amide bonds. The summed E-state index contributed by atoms with van der Waals surface area (Å²) in [5.74, 6) is -1.86. The number of aromatic nitrogens is 1. The molecule has 1 aliphatic heterocycles. The average Bonchev–Trinajstić information content (AvgIpc) is 3.02. The van der Waals surface area contributed by atoms with Gasteiger partial charge in [-0.3, -0.25) is 20.4 Å². The fourth-order valence-corrected chi connectivity index (χ4v) is 3.38. The summed E-state index contributed by atoms with van der Waals surface area (Å²) in [7, 11) is 0. The lowest BCUT2D eigenvalue weighted by Gasteiger charge is -2.25. The first-order chi connectivity index (χ1) is 12.1. The number of morpholine rings is 1. The minimum Gasteiger partial charge on any atom is -0.378 e. The number of halogens is 1. The molecule has 0 radical (unpaired) electrons. The Kier molecular flexibility index (Phi) is 5.25. The van der Waals surface area contributed by atoms with E-state index < -0.39 is 17.6 Å². The Morgan fingerprint density at radius 3 is 2.60 bits per heavy atom. The smallest absolute Gasteiger partial charge is 0.281 e. The van der Waals surface area contributed by atoms with Crippen LogP contribution >= 0.6 is 11.3 Å². The van der Waals surface area contributed by atoms with Gasteiger partial charge in [0.15, 0.2) is 5.13 Å². The lowest BCUT2D eigenvalue weighted by molar-refractivity contribution is 0.0846. The lowest BCUT2D eigenvalue weighted by atomic mass is 10.2. The Morgan fingerprint density at radius 2 is 1.88 bits per heavy atom. The second kappa shape index (κ2) is 7.58. The highest BCUT2D eigenvalue weighted by atomic mass is 32.1. The fourth-order valence-electron chi connectivity index (χ4n) is 2.37. The second-order valence-corrected chi connectivity index (χ2v) is 6.38. The monoisotopic (exact) mass is 364 g/mol. The normalized spacial score (nSPS) is 14.2. The molecule has 1 fully saturated rings. The van der Waals surface area contributed by atoms with Crippen LogP contribution in [0, 0.1) is 12.7 Å². The molecule has 1 saturated heterocycles. The summed E-state index contributed by atoms with van der Waals surface area (Å²) < 4.78 is 18.9. The largest absolute Gasteiger partial charge is 0.378 e. The van der Waals surface area contributed by atoms with Gasteiger partial charge in [0.25, 0.3) is 11.8 Å². The molecule has 1 aromatic carbocycles. The summed E-state index contributed by atoms with van der Waals surface area (Å²) in [6, 6.07) is 5.55. The maximum absolute atomic E-state index is 13.6. The van der Waals surface area contributed by atoms with Crippen molar-refractivity contribution in [3.05, 3.63) is 46.2 Å². The Morgan fingerprint density at radius 1 is 1.20 bits per heavy atom. The Balaban J connectivity index is 1.64. The molecule has 0 unspecified atom stereocenters. The van der Waals surface area contributed by atoms with Gasteiger partial charge in [0.05, 0.1) is 24.5 Å². The standard InChI is InChI=1S/C16H17FN4O3S/c1-10-13(25-16(18-10)21-6-8-24-9-7-21)15(23)20-19-14(22)11-4-2-3-5-12(11)17/h2-5H,6-9H2,1H3,(H,19,22)(H,20,23). The number of carbonyl (C=O) groups is 2. The van der Waals surface area contributed by atoms with Crippen LogP contribution in [0.2, 0.25) is 0 Å². The number of hydrogen-bond acceptors (Lipinski definition) is 6. The topological polar surface area (TPSA) is 83.6 Å². The summed E-state index contributed by atoms with van der Waals surface area (Å²) in [5, 5.41) is 0.742.